The molecule has 0 aromatic carbocycles. The maximum absolute atomic E-state index is 14.2. The van der Waals surface area contributed by atoms with Crippen LogP contribution in [0.4, 0.5) is 10.2 Å². The van der Waals surface area contributed by atoms with Crippen molar-refractivity contribution in [1.82, 2.24) is 20.2 Å². The van der Waals surface area contributed by atoms with Gasteiger partial charge in [0.25, 0.3) is 0 Å². The summed E-state index contributed by atoms with van der Waals surface area (Å²) in [5.41, 5.74) is 0.798. The first-order valence-electron chi connectivity index (χ1n) is 8.62. The first kappa shape index (κ1) is 17.9. The van der Waals surface area contributed by atoms with Crippen LogP contribution in [0.1, 0.15) is 18.7 Å². The zero-order valence-corrected chi connectivity index (χ0v) is 15.1. The summed E-state index contributed by atoms with van der Waals surface area (Å²) in [4.78, 5) is 25.8. The smallest absolute Gasteiger partial charge is 0.248 e. The molecule has 8 nitrogen and oxygen atoms in total. The Morgan fingerprint density at radius 3 is 3.19 bits per heavy atom. The van der Waals surface area contributed by atoms with Crippen molar-refractivity contribution in [3.63, 3.8) is 0 Å². The van der Waals surface area contributed by atoms with Crippen LogP contribution in [0.25, 0.3) is 5.57 Å². The summed E-state index contributed by atoms with van der Waals surface area (Å²) < 4.78 is 14.2. The first-order chi connectivity index (χ1) is 13.0. The molecule has 4 rings (SSSR count). The number of hydrogen-bond acceptors (Lipinski definition) is 7. The molecule has 27 heavy (non-hydrogen) atoms. The predicted molar refractivity (Wildman–Crippen MR) is 98.3 cm³/mol. The lowest BCUT2D eigenvalue weighted by atomic mass is 9.95. The van der Waals surface area contributed by atoms with Gasteiger partial charge >= 0.3 is 0 Å². The summed E-state index contributed by atoms with van der Waals surface area (Å²) in [6.45, 7) is 0.378. The molecule has 4 heterocycles. The standard InChI is InChI=1S/C17H18ClFN6O2/c18-9-3-11-12(5-21-15(11)20-4-9)16-22-6-13(19)17(24-16)23-10-1-2-25(7-10)14(27)8-26/h4-6,10-11,26H,1-3,7-8H2,(H,20,21)(H,22,23,24)/t10-,11?/m0/s1. The average molecular weight is 393 g/mol. The maximum Gasteiger partial charge on any atom is 0.248 e. The molecule has 0 aliphatic carbocycles. The average Bonchev–Trinajstić information content (AvgIpc) is 3.30. The van der Waals surface area contributed by atoms with Crippen LogP contribution in [-0.2, 0) is 4.79 Å². The molecule has 2 atom stereocenters. The third-order valence-electron chi connectivity index (χ3n) is 4.84. The maximum atomic E-state index is 14.2. The third-order valence-corrected chi connectivity index (χ3v) is 5.10. The van der Waals surface area contributed by atoms with Crippen molar-refractivity contribution in [1.29, 1.82) is 0 Å². The highest BCUT2D eigenvalue weighted by atomic mass is 35.5. The van der Waals surface area contributed by atoms with Crippen LogP contribution in [0.2, 0.25) is 0 Å². The minimum Gasteiger partial charge on any atom is -0.387 e. The predicted octanol–water partition coefficient (Wildman–Crippen LogP) is 1.06. The zero-order valence-electron chi connectivity index (χ0n) is 14.3. The number of likely N-dealkylation sites (tertiary alicyclic amines) is 1. The molecule has 0 bridgehead atoms. The summed E-state index contributed by atoms with van der Waals surface area (Å²) in [5.74, 6) is 0.282. The molecular weight excluding hydrogens is 375 g/mol. The summed E-state index contributed by atoms with van der Waals surface area (Å²) in [7, 11) is 0. The number of aliphatic imine (C=N–C) groups is 1. The van der Waals surface area contributed by atoms with Crippen molar-refractivity contribution in [2.75, 3.05) is 25.0 Å². The van der Waals surface area contributed by atoms with Crippen LogP contribution in [-0.4, -0.2) is 57.5 Å². The van der Waals surface area contributed by atoms with E-state index in [0.29, 0.717) is 36.8 Å². The molecule has 3 N–H and O–H groups in total. The zero-order chi connectivity index (χ0) is 19.0. The molecule has 1 fully saturated rings. The van der Waals surface area contributed by atoms with Gasteiger partial charge in [0.05, 0.1) is 12.1 Å². The summed E-state index contributed by atoms with van der Waals surface area (Å²) in [6, 6.07) is -0.141. The van der Waals surface area contributed by atoms with Crippen molar-refractivity contribution in [2.45, 2.75) is 18.9 Å². The van der Waals surface area contributed by atoms with E-state index in [1.807, 2.05) is 0 Å². The number of amides is 1. The molecule has 1 amide bonds. The minimum absolute atomic E-state index is 0.0787. The summed E-state index contributed by atoms with van der Waals surface area (Å²) in [5, 5.41) is 15.7. The molecule has 1 saturated heterocycles. The van der Waals surface area contributed by atoms with Gasteiger partial charge in [-0.15, -0.1) is 0 Å². The van der Waals surface area contributed by atoms with Crippen LogP contribution in [0.5, 0.6) is 0 Å². The van der Waals surface area contributed by atoms with Crippen molar-refractivity contribution >= 4 is 34.7 Å². The fourth-order valence-corrected chi connectivity index (χ4v) is 3.65. The van der Waals surface area contributed by atoms with E-state index in [1.165, 1.54) is 0 Å². The number of nitrogens with one attached hydrogen (secondary N) is 2. The van der Waals surface area contributed by atoms with Crippen molar-refractivity contribution < 1.29 is 14.3 Å². The number of allylic oxidation sites excluding steroid dienone is 1. The fourth-order valence-electron chi connectivity index (χ4n) is 3.45. The van der Waals surface area contributed by atoms with E-state index < -0.39 is 12.4 Å². The van der Waals surface area contributed by atoms with Gasteiger partial charge < -0.3 is 20.6 Å². The second-order valence-electron chi connectivity index (χ2n) is 6.61. The number of anilines is 1. The van der Waals surface area contributed by atoms with Crippen molar-refractivity contribution in [3.8, 4) is 0 Å². The molecule has 142 valence electrons. The highest BCUT2D eigenvalue weighted by molar-refractivity contribution is 6.30. The Morgan fingerprint density at radius 1 is 1.52 bits per heavy atom. The van der Waals surface area contributed by atoms with Gasteiger partial charge in [-0.2, -0.15) is 0 Å². The van der Waals surface area contributed by atoms with Gasteiger partial charge in [-0.25, -0.2) is 19.4 Å². The number of halogens is 2. The lowest BCUT2D eigenvalue weighted by molar-refractivity contribution is -0.133. The van der Waals surface area contributed by atoms with E-state index in [9.17, 15) is 9.18 Å². The molecule has 3 aliphatic heterocycles. The number of rotatable bonds is 4. The molecule has 0 radical (unpaired) electrons. The quantitative estimate of drug-likeness (QED) is 0.708. The number of aromatic nitrogens is 2. The van der Waals surface area contributed by atoms with Crippen LogP contribution >= 0.6 is 11.6 Å². The highest BCUT2D eigenvalue weighted by Crippen LogP contribution is 2.35. The van der Waals surface area contributed by atoms with E-state index in [-0.39, 0.29) is 23.7 Å². The van der Waals surface area contributed by atoms with Crippen LogP contribution < -0.4 is 10.6 Å². The largest absolute Gasteiger partial charge is 0.387 e. The van der Waals surface area contributed by atoms with Gasteiger partial charge in [0.15, 0.2) is 17.5 Å². The number of nitrogens with zero attached hydrogens (tertiary/aromatic N) is 4. The number of amidine groups is 1. The Labute approximate surface area is 159 Å². The van der Waals surface area contributed by atoms with Gasteiger partial charge in [0.2, 0.25) is 5.91 Å². The van der Waals surface area contributed by atoms with E-state index >= 15 is 0 Å². The number of aliphatic hydroxyl groups excluding tert-OH is 1. The summed E-state index contributed by atoms with van der Waals surface area (Å²) >= 11 is 6.09. The molecular formula is C17H18ClFN6O2. The molecule has 10 heteroatoms. The van der Waals surface area contributed by atoms with Gasteiger partial charge in [-0.3, -0.25) is 4.79 Å². The van der Waals surface area contributed by atoms with Gasteiger partial charge in [-0.05, 0) is 12.8 Å². The normalized spacial score (nSPS) is 24.0. The SMILES string of the molecule is O=C(CO)N1CC[C@H](Nc2nc(C3=CNC4=NC=C(Cl)CC34)ncc2F)C1. The Kier molecular flexibility index (Phi) is 4.79. The van der Waals surface area contributed by atoms with E-state index in [0.717, 1.165) is 17.6 Å². The summed E-state index contributed by atoms with van der Waals surface area (Å²) in [6.07, 6.45) is 5.74. The Bertz CT molecular complexity index is 871. The first-order valence-corrected chi connectivity index (χ1v) is 9.00. The van der Waals surface area contributed by atoms with Crippen molar-refractivity contribution in [3.05, 3.63) is 35.3 Å². The number of fused-ring (bicyclic) bond motifs is 1. The number of aliphatic hydroxyl groups is 1. The second kappa shape index (κ2) is 7.24. The van der Waals surface area contributed by atoms with Gasteiger partial charge in [0, 0.05) is 42.1 Å². The van der Waals surface area contributed by atoms with E-state index in [4.69, 9.17) is 16.7 Å². The third kappa shape index (κ3) is 3.52. The minimum atomic E-state index is -0.562. The van der Waals surface area contributed by atoms with Crippen LogP contribution in [0, 0.1) is 11.7 Å². The van der Waals surface area contributed by atoms with Crippen molar-refractivity contribution in [2.24, 2.45) is 10.9 Å². The fraction of sp³-hybridized carbons (Fsp3) is 0.412. The number of carbonyl (C=O) groups excluding carboxylic acids is 1. The van der Waals surface area contributed by atoms with E-state index in [1.54, 1.807) is 17.3 Å². The topological polar surface area (TPSA) is 103 Å². The monoisotopic (exact) mass is 392 g/mol. The number of carbonyl (C=O) groups is 1. The number of hydrogen-bond donors (Lipinski definition) is 3. The lowest BCUT2D eigenvalue weighted by Gasteiger charge is -2.18. The Hall–Kier alpha value is -2.52. The molecule has 0 spiro atoms. The lowest BCUT2D eigenvalue weighted by Crippen LogP contribution is -2.33. The van der Waals surface area contributed by atoms with Crippen LogP contribution in [0.15, 0.2) is 28.6 Å². The Morgan fingerprint density at radius 2 is 2.37 bits per heavy atom. The highest BCUT2D eigenvalue weighted by Gasteiger charge is 2.32. The second-order valence-corrected chi connectivity index (χ2v) is 7.09. The van der Waals surface area contributed by atoms with Gasteiger partial charge in [0.1, 0.15) is 12.4 Å². The molecule has 3 aliphatic rings. The Balaban J connectivity index is 1.51. The molecule has 1 aromatic heterocycles. The molecule has 1 unspecified atom stereocenters. The van der Waals surface area contributed by atoms with Crippen LogP contribution in [0.3, 0.4) is 0 Å². The molecule has 1 aromatic rings. The van der Waals surface area contributed by atoms with E-state index in [2.05, 4.69) is 25.6 Å². The molecule has 0 saturated carbocycles. The van der Waals surface area contributed by atoms with Gasteiger partial charge in [-0.1, -0.05) is 11.6 Å².